The van der Waals surface area contributed by atoms with Gasteiger partial charge in [-0.15, -0.1) is 0 Å². The van der Waals surface area contributed by atoms with Crippen molar-refractivity contribution >= 4 is 34.5 Å². The van der Waals surface area contributed by atoms with Crippen molar-refractivity contribution in [1.29, 1.82) is 0 Å². The van der Waals surface area contributed by atoms with Gasteiger partial charge >= 0.3 is 6.03 Å². The number of nitrogens with one attached hydrogen (secondary N) is 1. The van der Waals surface area contributed by atoms with Crippen LogP contribution in [-0.4, -0.2) is 40.5 Å². The Morgan fingerprint density at radius 1 is 1.26 bits per heavy atom. The third-order valence-electron chi connectivity index (χ3n) is 3.90. The second-order valence-electron chi connectivity index (χ2n) is 5.49. The van der Waals surface area contributed by atoms with Gasteiger partial charge in [0.2, 0.25) is 0 Å². The zero-order valence-corrected chi connectivity index (χ0v) is 14.6. The molecule has 0 aliphatic carbocycles. The third kappa shape index (κ3) is 3.49. The summed E-state index contributed by atoms with van der Waals surface area (Å²) < 4.78 is 2.96. The summed E-state index contributed by atoms with van der Waals surface area (Å²) in [6.07, 6.45) is 2.59. The van der Waals surface area contributed by atoms with Crippen LogP contribution in [0.5, 0.6) is 0 Å². The molecule has 0 bridgehead atoms. The smallest absolute Gasteiger partial charge is 0.314 e. The van der Waals surface area contributed by atoms with E-state index >= 15 is 0 Å². The first-order valence-corrected chi connectivity index (χ1v) is 8.41. The van der Waals surface area contributed by atoms with Gasteiger partial charge in [-0.3, -0.25) is 4.79 Å². The molecule has 6 nitrogen and oxygen atoms in total. The molecule has 1 saturated heterocycles. The lowest BCUT2D eigenvalue weighted by atomic mass is 10.2. The molecule has 2 heterocycles. The number of hydrogen-bond donors (Lipinski definition) is 2. The topological polar surface area (TPSA) is 80.4 Å². The number of carbonyl (C=O) groups is 2. The quantitative estimate of drug-likeness (QED) is 0.739. The molecule has 7 heteroatoms. The van der Waals surface area contributed by atoms with E-state index in [1.807, 2.05) is 41.1 Å². The van der Waals surface area contributed by atoms with Gasteiger partial charge in [0.25, 0.3) is 5.91 Å². The van der Waals surface area contributed by atoms with Gasteiger partial charge in [0.15, 0.2) is 0 Å². The van der Waals surface area contributed by atoms with Crippen molar-refractivity contribution in [2.45, 2.75) is 12.5 Å². The normalized spacial score (nSPS) is 17.3. The van der Waals surface area contributed by atoms with E-state index in [1.165, 1.54) is 0 Å². The fraction of sp³-hybridized carbons (Fsp3) is 0.250. The fourth-order valence-corrected chi connectivity index (χ4v) is 3.28. The molecule has 1 aromatic heterocycles. The van der Waals surface area contributed by atoms with E-state index in [2.05, 4.69) is 27.9 Å². The van der Waals surface area contributed by atoms with Crippen LogP contribution in [0.1, 0.15) is 16.9 Å². The van der Waals surface area contributed by atoms with Crippen LogP contribution in [0.15, 0.2) is 42.6 Å². The van der Waals surface area contributed by atoms with Crippen LogP contribution in [0.2, 0.25) is 0 Å². The summed E-state index contributed by atoms with van der Waals surface area (Å²) >= 11 is 2.24. The maximum Gasteiger partial charge on any atom is 0.314 e. The van der Waals surface area contributed by atoms with Crippen LogP contribution < -0.4 is 11.1 Å². The van der Waals surface area contributed by atoms with E-state index in [-0.39, 0.29) is 11.9 Å². The van der Waals surface area contributed by atoms with Crippen LogP contribution >= 0.6 is 22.6 Å². The van der Waals surface area contributed by atoms with Crippen molar-refractivity contribution in [2.24, 2.45) is 5.73 Å². The highest BCUT2D eigenvalue weighted by molar-refractivity contribution is 14.1. The number of nitrogens with two attached hydrogens (primary N) is 1. The highest BCUT2D eigenvalue weighted by Crippen LogP contribution is 2.16. The van der Waals surface area contributed by atoms with E-state index in [0.717, 1.165) is 15.7 Å². The molecule has 3 rings (SSSR count). The Bertz CT molecular complexity index is 743. The van der Waals surface area contributed by atoms with Gasteiger partial charge in [-0.05, 0) is 59.3 Å². The minimum atomic E-state index is -0.441. The second kappa shape index (κ2) is 6.61. The largest absolute Gasteiger partial charge is 0.351 e. The predicted molar refractivity (Wildman–Crippen MR) is 95.5 cm³/mol. The summed E-state index contributed by atoms with van der Waals surface area (Å²) in [5.74, 6) is -0.148. The number of nitrogens with zero attached hydrogens (tertiary/aromatic N) is 2. The lowest BCUT2D eigenvalue weighted by Gasteiger charge is -2.15. The van der Waals surface area contributed by atoms with E-state index in [0.29, 0.717) is 18.8 Å². The second-order valence-corrected chi connectivity index (χ2v) is 6.73. The van der Waals surface area contributed by atoms with Gasteiger partial charge in [0.05, 0.1) is 0 Å². The van der Waals surface area contributed by atoms with E-state index in [1.54, 1.807) is 11.0 Å². The fourth-order valence-electron chi connectivity index (χ4n) is 2.75. The zero-order valence-electron chi connectivity index (χ0n) is 12.4. The molecule has 0 saturated carbocycles. The summed E-state index contributed by atoms with van der Waals surface area (Å²) in [5, 5.41) is 2.98. The average Bonchev–Trinajstić information content (AvgIpc) is 3.16. The molecular formula is C16H17IN4O2. The van der Waals surface area contributed by atoms with Gasteiger partial charge in [0, 0.05) is 34.6 Å². The highest BCUT2D eigenvalue weighted by atomic mass is 127. The molecule has 1 unspecified atom stereocenters. The Morgan fingerprint density at radius 2 is 2.09 bits per heavy atom. The van der Waals surface area contributed by atoms with Crippen molar-refractivity contribution in [3.63, 3.8) is 0 Å². The Morgan fingerprint density at radius 3 is 2.78 bits per heavy atom. The summed E-state index contributed by atoms with van der Waals surface area (Å²) in [6.45, 7) is 1.04. The number of urea groups is 1. The Kier molecular flexibility index (Phi) is 4.56. The summed E-state index contributed by atoms with van der Waals surface area (Å²) in [7, 11) is 0. The molecule has 0 spiro atoms. The molecule has 2 aromatic rings. The molecule has 1 fully saturated rings. The number of benzene rings is 1. The number of likely N-dealkylation sites (tertiary alicyclic amines) is 1. The number of halogens is 1. The lowest BCUT2D eigenvalue weighted by molar-refractivity contribution is 0.0931. The standard InChI is InChI=1S/C16H17IN4O2/c17-11-3-1-4-13(9-11)21-7-2-5-14(21)15(22)19-12-6-8-20(10-12)16(18)23/h1-5,7,9,12H,6,8,10H2,(H2,18,23)(H,19,22). The van der Waals surface area contributed by atoms with Gasteiger partial charge in [-0.25, -0.2) is 4.79 Å². The highest BCUT2D eigenvalue weighted by Gasteiger charge is 2.26. The minimum Gasteiger partial charge on any atom is -0.351 e. The number of amides is 3. The SMILES string of the molecule is NC(=O)N1CCC(NC(=O)c2cccn2-c2cccc(I)c2)C1. The molecule has 1 aliphatic heterocycles. The molecule has 23 heavy (non-hydrogen) atoms. The van der Waals surface area contributed by atoms with Gasteiger partial charge in [-0.2, -0.15) is 0 Å². The number of rotatable bonds is 3. The number of hydrogen-bond acceptors (Lipinski definition) is 2. The van der Waals surface area contributed by atoms with Crippen LogP contribution in [0.4, 0.5) is 4.79 Å². The Hall–Kier alpha value is -2.03. The van der Waals surface area contributed by atoms with Gasteiger partial charge in [-0.1, -0.05) is 6.07 Å². The van der Waals surface area contributed by atoms with Crippen molar-refractivity contribution in [3.8, 4) is 5.69 Å². The molecule has 120 valence electrons. The molecule has 0 radical (unpaired) electrons. The van der Waals surface area contributed by atoms with Crippen molar-refractivity contribution in [1.82, 2.24) is 14.8 Å². The van der Waals surface area contributed by atoms with Crippen LogP contribution in [-0.2, 0) is 0 Å². The van der Waals surface area contributed by atoms with Gasteiger partial charge < -0.3 is 20.5 Å². The Balaban J connectivity index is 1.74. The lowest BCUT2D eigenvalue weighted by Crippen LogP contribution is -2.40. The van der Waals surface area contributed by atoms with Crippen molar-refractivity contribution < 1.29 is 9.59 Å². The molecule has 3 N–H and O–H groups in total. The molecule has 1 atom stereocenters. The molecule has 1 aromatic carbocycles. The number of aromatic nitrogens is 1. The van der Waals surface area contributed by atoms with Crippen molar-refractivity contribution in [3.05, 3.63) is 51.9 Å². The first kappa shape index (κ1) is 15.9. The van der Waals surface area contributed by atoms with E-state index in [9.17, 15) is 9.59 Å². The molecule has 1 aliphatic rings. The first-order valence-electron chi connectivity index (χ1n) is 7.33. The van der Waals surface area contributed by atoms with Crippen molar-refractivity contribution in [2.75, 3.05) is 13.1 Å². The van der Waals surface area contributed by atoms with Gasteiger partial charge in [0.1, 0.15) is 5.69 Å². The van der Waals surface area contributed by atoms with Crippen LogP contribution in [0, 0.1) is 3.57 Å². The first-order chi connectivity index (χ1) is 11.0. The summed E-state index contributed by atoms with van der Waals surface area (Å²) in [4.78, 5) is 25.3. The number of carbonyl (C=O) groups excluding carboxylic acids is 2. The monoisotopic (exact) mass is 424 g/mol. The third-order valence-corrected chi connectivity index (χ3v) is 4.57. The summed E-state index contributed by atoms with van der Waals surface area (Å²) in [6, 6.07) is 11.1. The van der Waals surface area contributed by atoms with E-state index in [4.69, 9.17) is 5.73 Å². The zero-order chi connectivity index (χ0) is 16.4. The molecule has 3 amide bonds. The predicted octanol–water partition coefficient (Wildman–Crippen LogP) is 1.96. The van der Waals surface area contributed by atoms with Crippen LogP contribution in [0.3, 0.4) is 0 Å². The Labute approximate surface area is 147 Å². The van der Waals surface area contributed by atoms with E-state index < -0.39 is 6.03 Å². The number of primary amides is 1. The molecular weight excluding hydrogens is 407 g/mol. The average molecular weight is 424 g/mol. The maximum absolute atomic E-state index is 12.5. The summed E-state index contributed by atoms with van der Waals surface area (Å²) in [5.41, 5.74) is 6.78. The van der Waals surface area contributed by atoms with Crippen LogP contribution in [0.25, 0.3) is 5.69 Å². The minimum absolute atomic E-state index is 0.0609. The maximum atomic E-state index is 12.5.